The van der Waals surface area contributed by atoms with Crippen LogP contribution in [0.1, 0.15) is 51.4 Å². The van der Waals surface area contributed by atoms with Gasteiger partial charge in [0.2, 0.25) is 5.91 Å². The van der Waals surface area contributed by atoms with Gasteiger partial charge in [0.15, 0.2) is 0 Å². The fourth-order valence-corrected chi connectivity index (χ4v) is 2.08. The highest BCUT2D eigenvalue weighted by Gasteiger charge is 2.04. The Morgan fingerprint density at radius 1 is 1.14 bits per heavy atom. The van der Waals surface area contributed by atoms with Gasteiger partial charge >= 0.3 is 5.97 Å². The molecule has 0 aliphatic heterocycles. The molecular weight excluding hydrogens is 268 g/mol. The van der Waals surface area contributed by atoms with E-state index in [9.17, 15) is 9.59 Å². The van der Waals surface area contributed by atoms with Crippen LogP contribution in [0.5, 0.6) is 0 Å². The molecule has 5 nitrogen and oxygen atoms in total. The zero-order valence-electron chi connectivity index (χ0n) is 13.3. The number of amides is 1. The molecule has 0 aliphatic carbocycles. The van der Waals surface area contributed by atoms with Crippen molar-refractivity contribution in [3.63, 3.8) is 0 Å². The third kappa shape index (κ3) is 14.9. The van der Waals surface area contributed by atoms with E-state index in [0.717, 1.165) is 25.7 Å². The van der Waals surface area contributed by atoms with E-state index in [-0.39, 0.29) is 12.5 Å². The Hall–Kier alpha value is -1.36. The maximum absolute atomic E-state index is 11.6. The predicted octanol–water partition coefficient (Wildman–Crippen LogP) is 2.43. The van der Waals surface area contributed by atoms with Crippen LogP contribution in [0.4, 0.5) is 0 Å². The molecule has 122 valence electrons. The van der Waals surface area contributed by atoms with E-state index in [4.69, 9.17) is 5.11 Å². The standard InChI is InChI=1S/C16H30N2O3/c1-3-4-5-6-7-8-9-11-15(19)17-12-10-13-18(2)14-16(20)21/h3H,1,4-14H2,2H3,(H,17,19)(H,20,21). The highest BCUT2D eigenvalue weighted by molar-refractivity contribution is 5.75. The van der Waals surface area contributed by atoms with Crippen LogP contribution in [0.3, 0.4) is 0 Å². The molecule has 0 bridgehead atoms. The van der Waals surface area contributed by atoms with Crippen LogP contribution in [0, 0.1) is 0 Å². The van der Waals surface area contributed by atoms with Crippen molar-refractivity contribution >= 4 is 11.9 Å². The van der Waals surface area contributed by atoms with Gasteiger partial charge in [0, 0.05) is 19.5 Å². The van der Waals surface area contributed by atoms with Crippen molar-refractivity contribution in [2.75, 3.05) is 26.7 Å². The number of carboxylic acids is 1. The Morgan fingerprint density at radius 2 is 1.81 bits per heavy atom. The molecule has 0 spiro atoms. The summed E-state index contributed by atoms with van der Waals surface area (Å²) >= 11 is 0. The highest BCUT2D eigenvalue weighted by atomic mass is 16.4. The fourth-order valence-electron chi connectivity index (χ4n) is 2.08. The summed E-state index contributed by atoms with van der Waals surface area (Å²) in [5, 5.41) is 11.5. The van der Waals surface area contributed by atoms with E-state index < -0.39 is 5.97 Å². The summed E-state index contributed by atoms with van der Waals surface area (Å²) in [6, 6.07) is 0. The molecule has 0 radical (unpaired) electrons. The molecule has 21 heavy (non-hydrogen) atoms. The van der Waals surface area contributed by atoms with Crippen molar-refractivity contribution < 1.29 is 14.7 Å². The molecule has 0 unspecified atom stereocenters. The van der Waals surface area contributed by atoms with Gasteiger partial charge in [-0.15, -0.1) is 6.58 Å². The number of carboxylic acid groups (broad SMARTS) is 1. The monoisotopic (exact) mass is 298 g/mol. The van der Waals surface area contributed by atoms with Crippen molar-refractivity contribution in [3.05, 3.63) is 12.7 Å². The second-order valence-corrected chi connectivity index (χ2v) is 5.43. The van der Waals surface area contributed by atoms with Crippen LogP contribution in [0.2, 0.25) is 0 Å². The highest BCUT2D eigenvalue weighted by Crippen LogP contribution is 2.07. The first-order chi connectivity index (χ1) is 10.1. The first-order valence-electron chi connectivity index (χ1n) is 7.84. The zero-order valence-corrected chi connectivity index (χ0v) is 13.3. The average molecular weight is 298 g/mol. The van der Waals surface area contributed by atoms with Gasteiger partial charge in [-0.2, -0.15) is 0 Å². The van der Waals surface area contributed by atoms with Crippen LogP contribution >= 0.6 is 0 Å². The first kappa shape index (κ1) is 19.6. The van der Waals surface area contributed by atoms with Crippen LogP contribution in [0.15, 0.2) is 12.7 Å². The van der Waals surface area contributed by atoms with E-state index in [0.29, 0.717) is 19.5 Å². The third-order valence-corrected chi connectivity index (χ3v) is 3.26. The van der Waals surface area contributed by atoms with Gasteiger partial charge in [-0.1, -0.05) is 25.3 Å². The summed E-state index contributed by atoms with van der Waals surface area (Å²) < 4.78 is 0. The molecule has 0 aromatic rings. The summed E-state index contributed by atoms with van der Waals surface area (Å²) in [7, 11) is 1.77. The molecular formula is C16H30N2O3. The number of carbonyl (C=O) groups excluding carboxylic acids is 1. The molecule has 0 saturated heterocycles. The lowest BCUT2D eigenvalue weighted by atomic mass is 10.1. The second kappa shape index (κ2) is 13.6. The topological polar surface area (TPSA) is 69.6 Å². The van der Waals surface area contributed by atoms with Crippen molar-refractivity contribution in [3.8, 4) is 0 Å². The van der Waals surface area contributed by atoms with Gasteiger partial charge < -0.3 is 10.4 Å². The number of allylic oxidation sites excluding steroid dienone is 1. The summed E-state index contributed by atoms with van der Waals surface area (Å²) in [5.74, 6) is -0.725. The van der Waals surface area contributed by atoms with Crippen LogP contribution < -0.4 is 5.32 Å². The Bertz CT molecular complexity index is 306. The Labute approximate surface area is 128 Å². The van der Waals surface area contributed by atoms with E-state index in [1.54, 1.807) is 11.9 Å². The molecule has 0 rings (SSSR count). The summed E-state index contributed by atoms with van der Waals surface area (Å²) in [6.07, 6.45) is 10.0. The molecule has 0 aromatic carbocycles. The SMILES string of the molecule is C=CCCCCCCCC(=O)NCCCN(C)CC(=O)O. The van der Waals surface area contributed by atoms with Crippen molar-refractivity contribution in [2.24, 2.45) is 0 Å². The molecule has 0 aliphatic rings. The minimum atomic E-state index is -0.824. The number of aliphatic carboxylic acids is 1. The van der Waals surface area contributed by atoms with Gasteiger partial charge in [-0.25, -0.2) is 0 Å². The van der Waals surface area contributed by atoms with Gasteiger partial charge in [-0.05, 0) is 32.7 Å². The molecule has 0 aromatic heterocycles. The lowest BCUT2D eigenvalue weighted by Gasteiger charge is -2.13. The quantitative estimate of drug-likeness (QED) is 0.382. The number of hydrogen-bond acceptors (Lipinski definition) is 3. The molecule has 0 atom stereocenters. The maximum Gasteiger partial charge on any atom is 0.317 e. The van der Waals surface area contributed by atoms with Crippen molar-refractivity contribution in [1.82, 2.24) is 10.2 Å². The molecule has 1 amide bonds. The number of carbonyl (C=O) groups is 2. The summed E-state index contributed by atoms with van der Waals surface area (Å²) in [4.78, 5) is 23.8. The van der Waals surface area contributed by atoms with Crippen molar-refractivity contribution in [2.45, 2.75) is 51.4 Å². The molecule has 2 N–H and O–H groups in total. The third-order valence-electron chi connectivity index (χ3n) is 3.26. The fraction of sp³-hybridized carbons (Fsp3) is 0.750. The number of unbranched alkanes of at least 4 members (excludes halogenated alkanes) is 5. The van der Waals surface area contributed by atoms with Crippen LogP contribution in [-0.2, 0) is 9.59 Å². The Balaban J connectivity index is 3.34. The molecule has 0 saturated carbocycles. The Kier molecular flexibility index (Phi) is 12.7. The summed E-state index contributed by atoms with van der Waals surface area (Å²) in [5.41, 5.74) is 0. The zero-order chi connectivity index (χ0) is 15.9. The van der Waals surface area contributed by atoms with E-state index in [1.807, 2.05) is 6.08 Å². The number of likely N-dealkylation sites (N-methyl/N-ethyl adjacent to an activating group) is 1. The maximum atomic E-state index is 11.6. The minimum Gasteiger partial charge on any atom is -0.480 e. The number of rotatable bonds is 14. The molecule has 0 fully saturated rings. The largest absolute Gasteiger partial charge is 0.480 e. The summed E-state index contributed by atoms with van der Waals surface area (Å²) in [6.45, 7) is 5.02. The van der Waals surface area contributed by atoms with Crippen LogP contribution in [0.25, 0.3) is 0 Å². The van der Waals surface area contributed by atoms with Crippen LogP contribution in [-0.4, -0.2) is 48.6 Å². The number of nitrogens with zero attached hydrogens (tertiary/aromatic N) is 1. The van der Waals surface area contributed by atoms with Crippen molar-refractivity contribution in [1.29, 1.82) is 0 Å². The minimum absolute atomic E-state index is 0.0415. The van der Waals surface area contributed by atoms with E-state index in [1.165, 1.54) is 19.3 Å². The normalized spacial score (nSPS) is 10.6. The van der Waals surface area contributed by atoms with Gasteiger partial charge in [-0.3, -0.25) is 14.5 Å². The Morgan fingerprint density at radius 3 is 2.48 bits per heavy atom. The smallest absolute Gasteiger partial charge is 0.317 e. The number of nitrogens with one attached hydrogen (secondary N) is 1. The van der Waals surface area contributed by atoms with E-state index >= 15 is 0 Å². The molecule has 5 heteroatoms. The average Bonchev–Trinajstić information content (AvgIpc) is 2.42. The predicted molar refractivity (Wildman–Crippen MR) is 85.3 cm³/mol. The first-order valence-corrected chi connectivity index (χ1v) is 7.84. The second-order valence-electron chi connectivity index (χ2n) is 5.43. The molecule has 0 heterocycles. The van der Waals surface area contributed by atoms with Gasteiger partial charge in [0.25, 0.3) is 0 Å². The number of hydrogen-bond donors (Lipinski definition) is 2. The van der Waals surface area contributed by atoms with E-state index in [2.05, 4.69) is 11.9 Å². The lowest BCUT2D eigenvalue weighted by molar-refractivity contribution is -0.138. The van der Waals surface area contributed by atoms with Gasteiger partial charge in [0.05, 0.1) is 6.54 Å². The van der Waals surface area contributed by atoms with Gasteiger partial charge in [0.1, 0.15) is 0 Å². The lowest BCUT2D eigenvalue weighted by Crippen LogP contribution is -2.30.